The van der Waals surface area contributed by atoms with Gasteiger partial charge in [0, 0.05) is 12.6 Å². The quantitative estimate of drug-likeness (QED) is 0.779. The standard InChI is InChI=1S/C15H23NO2/c1-12(13-6-4-3-5-7-13)18-11-15(2,17)10-16-14-8-9-14/h3-7,12,14,16-17H,8-11H2,1-2H3. The van der Waals surface area contributed by atoms with E-state index in [0.29, 0.717) is 19.2 Å². The Hall–Kier alpha value is -0.900. The van der Waals surface area contributed by atoms with Gasteiger partial charge in [-0.15, -0.1) is 0 Å². The number of ether oxygens (including phenoxy) is 1. The van der Waals surface area contributed by atoms with E-state index in [9.17, 15) is 5.11 Å². The first-order chi connectivity index (χ1) is 8.57. The maximum Gasteiger partial charge on any atom is 0.0976 e. The van der Waals surface area contributed by atoms with Gasteiger partial charge in [-0.05, 0) is 32.3 Å². The van der Waals surface area contributed by atoms with E-state index < -0.39 is 5.60 Å². The number of rotatable bonds is 7. The Bertz CT molecular complexity index is 360. The second-order valence-corrected chi connectivity index (χ2v) is 5.52. The summed E-state index contributed by atoms with van der Waals surface area (Å²) in [5, 5.41) is 13.5. The highest BCUT2D eigenvalue weighted by Crippen LogP contribution is 2.21. The summed E-state index contributed by atoms with van der Waals surface area (Å²) in [5.74, 6) is 0. The van der Waals surface area contributed by atoms with Crippen molar-refractivity contribution in [1.29, 1.82) is 0 Å². The van der Waals surface area contributed by atoms with Crippen LogP contribution in [-0.2, 0) is 4.74 Å². The molecule has 2 atom stereocenters. The van der Waals surface area contributed by atoms with Crippen molar-refractivity contribution < 1.29 is 9.84 Å². The smallest absolute Gasteiger partial charge is 0.0976 e. The van der Waals surface area contributed by atoms with Gasteiger partial charge in [0.15, 0.2) is 0 Å². The number of aliphatic hydroxyl groups is 1. The Morgan fingerprint density at radius 2 is 2.06 bits per heavy atom. The van der Waals surface area contributed by atoms with E-state index in [-0.39, 0.29) is 6.10 Å². The van der Waals surface area contributed by atoms with Gasteiger partial charge in [-0.3, -0.25) is 0 Å². The minimum absolute atomic E-state index is 0.0126. The van der Waals surface area contributed by atoms with Gasteiger partial charge in [-0.25, -0.2) is 0 Å². The fourth-order valence-electron chi connectivity index (χ4n) is 1.83. The molecule has 0 heterocycles. The average molecular weight is 249 g/mol. The van der Waals surface area contributed by atoms with E-state index in [1.165, 1.54) is 12.8 Å². The molecular formula is C15H23NO2. The lowest BCUT2D eigenvalue weighted by atomic mass is 10.1. The van der Waals surface area contributed by atoms with E-state index in [1.807, 2.05) is 44.2 Å². The highest BCUT2D eigenvalue weighted by Gasteiger charge is 2.27. The molecule has 0 spiro atoms. The lowest BCUT2D eigenvalue weighted by Gasteiger charge is -2.26. The summed E-state index contributed by atoms with van der Waals surface area (Å²) in [5.41, 5.74) is 0.342. The Balaban J connectivity index is 1.75. The third-order valence-corrected chi connectivity index (χ3v) is 3.26. The van der Waals surface area contributed by atoms with E-state index in [0.717, 1.165) is 5.56 Å². The van der Waals surface area contributed by atoms with Gasteiger partial charge in [0.25, 0.3) is 0 Å². The molecule has 1 aromatic carbocycles. The Morgan fingerprint density at radius 3 is 2.67 bits per heavy atom. The van der Waals surface area contributed by atoms with Crippen LogP contribution in [0.15, 0.2) is 30.3 Å². The lowest BCUT2D eigenvalue weighted by molar-refractivity contribution is -0.0580. The van der Waals surface area contributed by atoms with Crippen molar-refractivity contribution in [3.05, 3.63) is 35.9 Å². The molecule has 1 aliphatic carbocycles. The SMILES string of the molecule is CC(OCC(C)(O)CNC1CC1)c1ccccc1. The minimum atomic E-state index is -0.800. The van der Waals surface area contributed by atoms with Crippen LogP contribution in [0.2, 0.25) is 0 Å². The predicted octanol–water partition coefficient (Wildman–Crippen LogP) is 2.27. The van der Waals surface area contributed by atoms with Crippen LogP contribution < -0.4 is 5.32 Å². The fourth-order valence-corrected chi connectivity index (χ4v) is 1.83. The lowest BCUT2D eigenvalue weighted by Crippen LogP contribution is -2.42. The van der Waals surface area contributed by atoms with E-state index in [1.54, 1.807) is 0 Å². The van der Waals surface area contributed by atoms with Crippen LogP contribution >= 0.6 is 0 Å². The number of hydrogen-bond donors (Lipinski definition) is 2. The summed E-state index contributed by atoms with van der Waals surface area (Å²) in [4.78, 5) is 0. The van der Waals surface area contributed by atoms with Crippen molar-refractivity contribution in [2.75, 3.05) is 13.2 Å². The van der Waals surface area contributed by atoms with E-state index in [2.05, 4.69) is 5.32 Å². The zero-order chi connectivity index (χ0) is 13.0. The summed E-state index contributed by atoms with van der Waals surface area (Å²) in [6, 6.07) is 10.7. The molecule has 100 valence electrons. The third kappa shape index (κ3) is 4.41. The van der Waals surface area contributed by atoms with Gasteiger partial charge in [0.05, 0.1) is 18.3 Å². The van der Waals surface area contributed by atoms with Crippen molar-refractivity contribution in [1.82, 2.24) is 5.32 Å². The van der Waals surface area contributed by atoms with Crippen molar-refractivity contribution in [2.45, 2.75) is 44.4 Å². The second kappa shape index (κ2) is 5.83. The Morgan fingerprint density at radius 1 is 1.39 bits per heavy atom. The molecule has 1 fully saturated rings. The summed E-state index contributed by atoms with van der Waals surface area (Å²) in [6.07, 6.45) is 2.48. The molecule has 3 nitrogen and oxygen atoms in total. The molecule has 0 aliphatic heterocycles. The van der Waals surface area contributed by atoms with Gasteiger partial charge in [-0.2, -0.15) is 0 Å². The van der Waals surface area contributed by atoms with Gasteiger partial charge in [0.1, 0.15) is 0 Å². The summed E-state index contributed by atoms with van der Waals surface area (Å²) in [6.45, 7) is 4.78. The highest BCUT2D eigenvalue weighted by atomic mass is 16.5. The largest absolute Gasteiger partial charge is 0.386 e. The maximum absolute atomic E-state index is 10.2. The summed E-state index contributed by atoms with van der Waals surface area (Å²) in [7, 11) is 0. The van der Waals surface area contributed by atoms with Crippen LogP contribution in [0.25, 0.3) is 0 Å². The molecule has 0 amide bonds. The normalized spacial score (nSPS) is 20.4. The minimum Gasteiger partial charge on any atom is -0.386 e. The van der Waals surface area contributed by atoms with Crippen molar-refractivity contribution in [2.24, 2.45) is 0 Å². The number of hydrogen-bond acceptors (Lipinski definition) is 3. The maximum atomic E-state index is 10.2. The second-order valence-electron chi connectivity index (χ2n) is 5.52. The highest BCUT2D eigenvalue weighted by molar-refractivity contribution is 5.16. The molecule has 1 saturated carbocycles. The van der Waals surface area contributed by atoms with Gasteiger partial charge in [-0.1, -0.05) is 30.3 Å². The number of nitrogens with one attached hydrogen (secondary N) is 1. The van der Waals surface area contributed by atoms with Crippen molar-refractivity contribution >= 4 is 0 Å². The topological polar surface area (TPSA) is 41.5 Å². The van der Waals surface area contributed by atoms with Crippen LogP contribution in [0.1, 0.15) is 38.4 Å². The van der Waals surface area contributed by atoms with E-state index in [4.69, 9.17) is 4.74 Å². The summed E-state index contributed by atoms with van der Waals surface area (Å²) >= 11 is 0. The van der Waals surface area contributed by atoms with Gasteiger partial charge < -0.3 is 15.2 Å². The Kier molecular flexibility index (Phi) is 4.38. The van der Waals surface area contributed by atoms with Gasteiger partial charge in [0.2, 0.25) is 0 Å². The zero-order valence-corrected chi connectivity index (χ0v) is 11.2. The first kappa shape index (κ1) is 13.5. The molecule has 1 aliphatic rings. The van der Waals surface area contributed by atoms with Crippen LogP contribution in [0.3, 0.4) is 0 Å². The molecule has 2 rings (SSSR count). The number of benzene rings is 1. The van der Waals surface area contributed by atoms with Crippen LogP contribution in [-0.4, -0.2) is 29.9 Å². The predicted molar refractivity (Wildman–Crippen MR) is 72.5 cm³/mol. The molecule has 18 heavy (non-hydrogen) atoms. The monoisotopic (exact) mass is 249 g/mol. The molecular weight excluding hydrogens is 226 g/mol. The fraction of sp³-hybridized carbons (Fsp3) is 0.600. The van der Waals surface area contributed by atoms with Crippen molar-refractivity contribution in [3.8, 4) is 0 Å². The summed E-state index contributed by atoms with van der Waals surface area (Å²) < 4.78 is 5.76. The molecule has 2 unspecified atom stereocenters. The molecule has 0 saturated heterocycles. The molecule has 0 bridgehead atoms. The molecule has 3 heteroatoms. The first-order valence-corrected chi connectivity index (χ1v) is 6.69. The van der Waals surface area contributed by atoms with Crippen LogP contribution in [0.5, 0.6) is 0 Å². The third-order valence-electron chi connectivity index (χ3n) is 3.26. The molecule has 1 aromatic rings. The molecule has 0 radical (unpaired) electrons. The van der Waals surface area contributed by atoms with Gasteiger partial charge >= 0.3 is 0 Å². The van der Waals surface area contributed by atoms with Crippen LogP contribution in [0, 0.1) is 0 Å². The molecule has 2 N–H and O–H groups in total. The Labute approximate surface area is 109 Å². The van der Waals surface area contributed by atoms with Crippen molar-refractivity contribution in [3.63, 3.8) is 0 Å². The molecule has 0 aromatic heterocycles. The first-order valence-electron chi connectivity index (χ1n) is 6.69. The van der Waals surface area contributed by atoms with Crippen LogP contribution in [0.4, 0.5) is 0 Å². The zero-order valence-electron chi connectivity index (χ0n) is 11.2. The van der Waals surface area contributed by atoms with E-state index >= 15 is 0 Å². The average Bonchev–Trinajstić information content (AvgIpc) is 3.19.